The molecule has 1 saturated carbocycles. The normalized spacial score (nSPS) is 14.8. The lowest BCUT2D eigenvalue weighted by molar-refractivity contribution is 0.0600. The molecule has 0 atom stereocenters. The Balaban J connectivity index is 1.54. The molecule has 2 aromatic carbocycles. The van der Waals surface area contributed by atoms with E-state index in [2.05, 4.69) is 15.3 Å². The number of aromatic nitrogens is 2. The van der Waals surface area contributed by atoms with E-state index in [1.54, 1.807) is 12.1 Å². The molecular formula is C22H23N3O3. The molecule has 3 aromatic rings. The summed E-state index contributed by atoms with van der Waals surface area (Å²) < 4.78 is 4.72. The van der Waals surface area contributed by atoms with E-state index >= 15 is 0 Å². The maximum atomic E-state index is 12.6. The van der Waals surface area contributed by atoms with E-state index in [1.807, 2.05) is 30.3 Å². The van der Waals surface area contributed by atoms with E-state index in [9.17, 15) is 9.59 Å². The molecule has 6 nitrogen and oxygen atoms in total. The van der Waals surface area contributed by atoms with Crippen molar-refractivity contribution in [3.63, 3.8) is 0 Å². The number of fused-ring (bicyclic) bond motifs is 1. The molecule has 1 aliphatic rings. The summed E-state index contributed by atoms with van der Waals surface area (Å²) in [5, 5.41) is 3.14. The second kappa shape index (κ2) is 7.84. The number of carbonyl (C=O) groups excluding carboxylic acids is 2. The van der Waals surface area contributed by atoms with Gasteiger partial charge < -0.3 is 15.0 Å². The van der Waals surface area contributed by atoms with Gasteiger partial charge in [0.2, 0.25) is 0 Å². The predicted molar refractivity (Wildman–Crippen MR) is 107 cm³/mol. The van der Waals surface area contributed by atoms with Crippen molar-refractivity contribution in [2.24, 2.45) is 0 Å². The molecule has 1 aliphatic carbocycles. The van der Waals surface area contributed by atoms with Crippen LogP contribution in [0.5, 0.6) is 0 Å². The third-order valence-corrected chi connectivity index (χ3v) is 5.26. The lowest BCUT2D eigenvalue weighted by atomic mass is 9.95. The molecule has 1 aromatic heterocycles. The minimum absolute atomic E-state index is 0.0348. The molecule has 1 amide bonds. The van der Waals surface area contributed by atoms with Gasteiger partial charge in [0.05, 0.1) is 23.7 Å². The van der Waals surface area contributed by atoms with Crippen LogP contribution in [0.3, 0.4) is 0 Å². The van der Waals surface area contributed by atoms with Crippen LogP contribution in [0.25, 0.3) is 22.4 Å². The van der Waals surface area contributed by atoms with E-state index in [4.69, 9.17) is 4.74 Å². The van der Waals surface area contributed by atoms with Crippen LogP contribution in [0.4, 0.5) is 0 Å². The summed E-state index contributed by atoms with van der Waals surface area (Å²) in [6.07, 6.45) is 5.74. The maximum absolute atomic E-state index is 12.6. The molecular weight excluding hydrogens is 354 g/mol. The Hall–Kier alpha value is -3.15. The number of rotatable bonds is 4. The van der Waals surface area contributed by atoms with Crippen molar-refractivity contribution in [1.29, 1.82) is 0 Å². The Morgan fingerprint density at radius 2 is 1.75 bits per heavy atom. The number of methoxy groups -OCH3 is 1. The summed E-state index contributed by atoms with van der Waals surface area (Å²) in [6, 6.07) is 12.8. The van der Waals surface area contributed by atoms with Crippen LogP contribution in [0.1, 0.15) is 52.8 Å². The first-order valence-corrected chi connectivity index (χ1v) is 9.63. The zero-order valence-corrected chi connectivity index (χ0v) is 15.8. The van der Waals surface area contributed by atoms with Gasteiger partial charge in [-0.05, 0) is 43.2 Å². The fraction of sp³-hybridized carbons (Fsp3) is 0.318. The van der Waals surface area contributed by atoms with Gasteiger partial charge in [-0.15, -0.1) is 0 Å². The number of nitrogens with zero attached hydrogens (tertiary/aromatic N) is 1. The summed E-state index contributed by atoms with van der Waals surface area (Å²) in [5.74, 6) is 0.286. The Bertz CT molecular complexity index is 1000. The quantitative estimate of drug-likeness (QED) is 0.671. The van der Waals surface area contributed by atoms with Crippen LogP contribution in [-0.4, -0.2) is 35.0 Å². The molecule has 144 valence electrons. The highest BCUT2D eigenvalue weighted by Gasteiger charge is 2.17. The number of hydrogen-bond acceptors (Lipinski definition) is 4. The monoisotopic (exact) mass is 377 g/mol. The van der Waals surface area contributed by atoms with Crippen LogP contribution in [0.2, 0.25) is 0 Å². The van der Waals surface area contributed by atoms with Gasteiger partial charge in [0, 0.05) is 17.2 Å². The van der Waals surface area contributed by atoms with E-state index in [1.165, 1.54) is 26.4 Å². The second-order valence-corrected chi connectivity index (χ2v) is 7.19. The smallest absolute Gasteiger partial charge is 0.337 e. The molecule has 0 aliphatic heterocycles. The fourth-order valence-corrected chi connectivity index (χ4v) is 3.69. The number of imidazole rings is 1. The number of ether oxygens (including phenoxy) is 1. The van der Waals surface area contributed by atoms with Gasteiger partial charge >= 0.3 is 5.97 Å². The number of amides is 1. The number of nitrogens with one attached hydrogen (secondary N) is 2. The highest BCUT2D eigenvalue weighted by atomic mass is 16.5. The van der Waals surface area contributed by atoms with E-state index in [-0.39, 0.29) is 17.9 Å². The first-order chi connectivity index (χ1) is 13.6. The Labute approximate surface area is 163 Å². The number of hydrogen-bond donors (Lipinski definition) is 2. The summed E-state index contributed by atoms with van der Waals surface area (Å²) in [4.78, 5) is 32.0. The van der Waals surface area contributed by atoms with Gasteiger partial charge in [0.1, 0.15) is 5.82 Å². The number of esters is 1. The van der Waals surface area contributed by atoms with Gasteiger partial charge in [-0.1, -0.05) is 31.4 Å². The Kier molecular flexibility index (Phi) is 5.10. The van der Waals surface area contributed by atoms with Crippen LogP contribution < -0.4 is 5.32 Å². The predicted octanol–water partition coefficient (Wildman–Crippen LogP) is 4.08. The minimum atomic E-state index is -0.371. The highest BCUT2D eigenvalue weighted by Crippen LogP contribution is 2.23. The topological polar surface area (TPSA) is 84.1 Å². The minimum Gasteiger partial charge on any atom is -0.465 e. The van der Waals surface area contributed by atoms with Crippen molar-refractivity contribution in [3.05, 3.63) is 53.6 Å². The lowest BCUT2D eigenvalue weighted by Crippen LogP contribution is -2.36. The lowest BCUT2D eigenvalue weighted by Gasteiger charge is -2.22. The zero-order valence-electron chi connectivity index (χ0n) is 15.8. The SMILES string of the molecule is COC(=O)c1ccc(-c2nc3ccc(C(=O)NC4CCCCC4)cc3[nH]2)cc1. The van der Waals surface area contributed by atoms with Crippen molar-refractivity contribution in [3.8, 4) is 11.4 Å². The summed E-state index contributed by atoms with van der Waals surface area (Å²) in [7, 11) is 1.36. The third-order valence-electron chi connectivity index (χ3n) is 5.26. The fourth-order valence-electron chi connectivity index (χ4n) is 3.69. The molecule has 0 spiro atoms. The second-order valence-electron chi connectivity index (χ2n) is 7.19. The molecule has 1 fully saturated rings. The van der Waals surface area contributed by atoms with Crippen LogP contribution >= 0.6 is 0 Å². The first kappa shape index (κ1) is 18.2. The molecule has 28 heavy (non-hydrogen) atoms. The van der Waals surface area contributed by atoms with Crippen LogP contribution in [-0.2, 0) is 4.74 Å². The summed E-state index contributed by atoms with van der Waals surface area (Å²) >= 11 is 0. The Morgan fingerprint density at radius 1 is 1.04 bits per heavy atom. The van der Waals surface area contributed by atoms with Crippen LogP contribution in [0.15, 0.2) is 42.5 Å². The standard InChI is InChI=1S/C22H23N3O3/c1-28-22(27)15-9-7-14(8-10-15)20-24-18-12-11-16(13-19(18)25-20)21(26)23-17-5-3-2-4-6-17/h7-13,17H,2-6H2,1H3,(H,23,26)(H,24,25). The Morgan fingerprint density at radius 3 is 2.46 bits per heavy atom. The van der Waals surface area contributed by atoms with Crippen molar-refractivity contribution in [2.45, 2.75) is 38.1 Å². The number of benzene rings is 2. The molecule has 0 unspecified atom stereocenters. The van der Waals surface area contributed by atoms with Crippen molar-refractivity contribution < 1.29 is 14.3 Å². The average molecular weight is 377 g/mol. The van der Waals surface area contributed by atoms with Gasteiger partial charge in [-0.3, -0.25) is 4.79 Å². The van der Waals surface area contributed by atoms with Gasteiger partial charge in [0.25, 0.3) is 5.91 Å². The molecule has 0 bridgehead atoms. The molecule has 0 saturated heterocycles. The van der Waals surface area contributed by atoms with E-state index in [0.717, 1.165) is 29.4 Å². The molecule has 1 heterocycles. The van der Waals surface area contributed by atoms with E-state index in [0.29, 0.717) is 17.0 Å². The number of H-pyrrole nitrogens is 1. The first-order valence-electron chi connectivity index (χ1n) is 9.63. The highest BCUT2D eigenvalue weighted by molar-refractivity contribution is 5.98. The maximum Gasteiger partial charge on any atom is 0.337 e. The largest absolute Gasteiger partial charge is 0.465 e. The zero-order chi connectivity index (χ0) is 19.5. The van der Waals surface area contributed by atoms with Crippen LogP contribution in [0, 0.1) is 0 Å². The van der Waals surface area contributed by atoms with Gasteiger partial charge in [0.15, 0.2) is 0 Å². The van der Waals surface area contributed by atoms with Crippen molar-refractivity contribution >= 4 is 22.9 Å². The third kappa shape index (κ3) is 3.76. The number of carbonyl (C=O) groups is 2. The molecule has 6 heteroatoms. The number of aromatic amines is 1. The summed E-state index contributed by atoms with van der Waals surface area (Å²) in [5.41, 5.74) is 3.58. The summed E-state index contributed by atoms with van der Waals surface area (Å²) in [6.45, 7) is 0. The molecule has 2 N–H and O–H groups in total. The van der Waals surface area contributed by atoms with E-state index < -0.39 is 0 Å². The van der Waals surface area contributed by atoms with Crippen molar-refractivity contribution in [1.82, 2.24) is 15.3 Å². The molecule has 4 rings (SSSR count). The van der Waals surface area contributed by atoms with Gasteiger partial charge in [-0.2, -0.15) is 0 Å². The van der Waals surface area contributed by atoms with Gasteiger partial charge in [-0.25, -0.2) is 9.78 Å². The molecule has 0 radical (unpaired) electrons. The average Bonchev–Trinajstić information content (AvgIpc) is 3.17. The van der Waals surface area contributed by atoms with Crippen molar-refractivity contribution in [2.75, 3.05) is 7.11 Å².